The molecule has 0 N–H and O–H groups in total. The Labute approximate surface area is 433 Å². The van der Waals surface area contributed by atoms with Crippen molar-refractivity contribution in [2.75, 3.05) is 9.80 Å². The lowest BCUT2D eigenvalue weighted by atomic mass is 9.70. The summed E-state index contributed by atoms with van der Waals surface area (Å²) in [7, 11) is 0. The summed E-state index contributed by atoms with van der Waals surface area (Å²) in [4.78, 5) is 4.90. The number of benzene rings is 11. The summed E-state index contributed by atoms with van der Waals surface area (Å²) in [5.74, 6) is 0. The number of hydrogen-bond donors (Lipinski definition) is 0. The van der Waals surface area contributed by atoms with E-state index in [1.54, 1.807) is 0 Å². The van der Waals surface area contributed by atoms with Crippen LogP contribution < -0.4 is 9.80 Å². The number of rotatable bonds is 6. The maximum Gasteiger partial charge on any atom is 0.145 e. The highest BCUT2D eigenvalue weighted by Gasteiger charge is 2.54. The van der Waals surface area contributed by atoms with E-state index in [1.807, 2.05) is 0 Å². The van der Waals surface area contributed by atoms with Crippen LogP contribution >= 0.6 is 0 Å². The van der Waals surface area contributed by atoms with E-state index in [4.69, 9.17) is 4.42 Å². The lowest BCUT2D eigenvalue weighted by Crippen LogP contribution is -2.26. The first-order valence-electron chi connectivity index (χ1n) is 26.1. The van der Waals surface area contributed by atoms with Crippen LogP contribution in [0.25, 0.3) is 65.7 Å². The predicted molar refractivity (Wildman–Crippen MR) is 312 cm³/mol. The van der Waals surface area contributed by atoms with E-state index in [1.165, 1.54) is 71.6 Å². The molecule has 0 amide bonds. The van der Waals surface area contributed by atoms with Crippen LogP contribution in [0, 0.1) is 0 Å². The molecule has 0 bridgehead atoms. The van der Waals surface area contributed by atoms with Crippen molar-refractivity contribution in [1.82, 2.24) is 0 Å². The minimum absolute atomic E-state index is 0.000559. The van der Waals surface area contributed by atoms with Crippen molar-refractivity contribution in [3.63, 3.8) is 0 Å². The highest BCUT2D eigenvalue weighted by molar-refractivity contribution is 6.22. The third kappa shape index (κ3) is 6.45. The summed E-state index contributed by atoms with van der Waals surface area (Å²) in [6.07, 6.45) is 0. The Morgan fingerprint density at radius 1 is 0.351 bits per heavy atom. The lowest BCUT2D eigenvalue weighted by Gasteiger charge is -2.33. The van der Waals surface area contributed by atoms with Gasteiger partial charge in [-0.1, -0.05) is 199 Å². The summed E-state index contributed by atoms with van der Waals surface area (Å²) in [5.41, 5.74) is 20.0. The fourth-order valence-corrected chi connectivity index (χ4v) is 12.7. The first-order valence-corrected chi connectivity index (χ1v) is 26.1. The molecule has 14 rings (SSSR count). The van der Waals surface area contributed by atoms with Gasteiger partial charge in [0.15, 0.2) is 0 Å². The van der Waals surface area contributed by atoms with Crippen molar-refractivity contribution < 1.29 is 4.42 Å². The maximum absolute atomic E-state index is 7.40. The van der Waals surface area contributed by atoms with Gasteiger partial charge in [0.2, 0.25) is 0 Å². The molecule has 1 heterocycles. The van der Waals surface area contributed by atoms with Gasteiger partial charge in [0, 0.05) is 39.4 Å². The fraction of sp³-hybridized carbons (Fsp3) is 0.127. The summed E-state index contributed by atoms with van der Waals surface area (Å²) in [6.45, 7) is 13.7. The van der Waals surface area contributed by atoms with Crippen LogP contribution in [-0.2, 0) is 16.2 Å². The topological polar surface area (TPSA) is 19.6 Å². The van der Waals surface area contributed by atoms with E-state index < -0.39 is 5.41 Å². The first kappa shape index (κ1) is 44.1. The standard InChI is InChI=1S/C71H56N2O/c1-69(2,3)47-32-36-51(37-33-47)72(49-20-9-7-10-21-49)53-40-41-56-60(43-53)71(58-27-17-15-25-55(58)65-59(71)42-31-46-30-29-45-19-13-14-24-54(45)64(46)65)61-44-62(67-57-26-16-18-28-63(57)74-68(67)66(56)61)73(50-22-11-8-12-23-50)52-38-34-48(35-39-52)70(4,5)6/h7-44H,1-6H3. The van der Waals surface area contributed by atoms with E-state index in [2.05, 4.69) is 282 Å². The average molecular weight is 953 g/mol. The molecular weight excluding hydrogens is 897 g/mol. The van der Waals surface area contributed by atoms with E-state index >= 15 is 0 Å². The van der Waals surface area contributed by atoms with Gasteiger partial charge in [-0.05, 0) is 155 Å². The highest BCUT2D eigenvalue weighted by atomic mass is 16.3. The van der Waals surface area contributed by atoms with Crippen LogP contribution in [0.15, 0.2) is 235 Å². The molecule has 1 unspecified atom stereocenters. The quantitative estimate of drug-likeness (QED) is 0.155. The Balaban J connectivity index is 1.14. The SMILES string of the molecule is CC(C)(C)c1ccc(N(c2ccccc2)c2ccc3c(c2)C2(c4ccccc4-c4c2ccc2ccc5ccccc5c42)c2cc(N(c4ccccc4)c4ccc(C(C)(C)C)cc4)c4c(oc5ccccc54)c2-3)cc1. The molecular formula is C71H56N2O. The Hall–Kier alpha value is -8.66. The highest BCUT2D eigenvalue weighted by Crippen LogP contribution is 2.67. The van der Waals surface area contributed by atoms with Crippen molar-refractivity contribution in [1.29, 1.82) is 0 Å². The Kier molecular flexibility index (Phi) is 9.63. The zero-order valence-corrected chi connectivity index (χ0v) is 42.7. The Morgan fingerprint density at radius 2 is 0.878 bits per heavy atom. The number of fused-ring (bicyclic) bond motifs is 18. The predicted octanol–water partition coefficient (Wildman–Crippen LogP) is 19.8. The Bertz CT molecular complexity index is 4190. The van der Waals surface area contributed by atoms with Gasteiger partial charge in [-0.25, -0.2) is 0 Å². The van der Waals surface area contributed by atoms with Crippen LogP contribution in [0.1, 0.15) is 74.9 Å². The lowest BCUT2D eigenvalue weighted by molar-refractivity contribution is 0.590. The molecule has 0 saturated heterocycles. The second-order valence-electron chi connectivity index (χ2n) is 22.5. The molecule has 1 aromatic heterocycles. The number of furan rings is 1. The van der Waals surface area contributed by atoms with Gasteiger partial charge in [-0.2, -0.15) is 0 Å². The molecule has 3 heteroatoms. The van der Waals surface area contributed by atoms with Crippen molar-refractivity contribution >= 4 is 77.6 Å². The molecule has 3 nitrogen and oxygen atoms in total. The minimum atomic E-state index is -0.753. The second kappa shape index (κ2) is 16.2. The normalized spacial score (nSPS) is 14.7. The summed E-state index contributed by atoms with van der Waals surface area (Å²) in [6, 6.07) is 86.0. The van der Waals surface area contributed by atoms with E-state index in [0.717, 1.165) is 61.6 Å². The van der Waals surface area contributed by atoms with Crippen molar-refractivity contribution in [2.45, 2.75) is 57.8 Å². The fourth-order valence-electron chi connectivity index (χ4n) is 12.7. The molecule has 2 aliphatic carbocycles. The van der Waals surface area contributed by atoms with E-state index in [-0.39, 0.29) is 10.8 Å². The summed E-state index contributed by atoms with van der Waals surface area (Å²) < 4.78 is 7.40. The second-order valence-corrected chi connectivity index (χ2v) is 22.5. The van der Waals surface area contributed by atoms with Crippen LogP contribution in [0.4, 0.5) is 34.1 Å². The van der Waals surface area contributed by atoms with Gasteiger partial charge >= 0.3 is 0 Å². The number of para-hydroxylation sites is 3. The molecule has 12 aromatic rings. The summed E-state index contributed by atoms with van der Waals surface area (Å²) >= 11 is 0. The number of nitrogens with zero attached hydrogens (tertiary/aromatic N) is 2. The van der Waals surface area contributed by atoms with Crippen molar-refractivity contribution in [2.24, 2.45) is 0 Å². The molecule has 2 aliphatic rings. The molecule has 0 saturated carbocycles. The zero-order valence-electron chi connectivity index (χ0n) is 42.7. The molecule has 1 atom stereocenters. The zero-order chi connectivity index (χ0) is 50.1. The summed E-state index contributed by atoms with van der Waals surface area (Å²) in [5, 5.41) is 7.20. The number of anilines is 6. The van der Waals surface area contributed by atoms with E-state index in [0.29, 0.717) is 0 Å². The Morgan fingerprint density at radius 3 is 1.57 bits per heavy atom. The molecule has 0 aliphatic heterocycles. The van der Waals surface area contributed by atoms with Crippen LogP contribution in [0.3, 0.4) is 0 Å². The first-order chi connectivity index (χ1) is 36.0. The third-order valence-electron chi connectivity index (χ3n) is 16.1. The van der Waals surface area contributed by atoms with Gasteiger partial charge in [-0.15, -0.1) is 0 Å². The molecule has 1 spiro atoms. The molecule has 0 radical (unpaired) electrons. The monoisotopic (exact) mass is 952 g/mol. The van der Waals surface area contributed by atoms with Crippen LogP contribution in [0.5, 0.6) is 0 Å². The van der Waals surface area contributed by atoms with Crippen LogP contribution in [-0.4, -0.2) is 0 Å². The minimum Gasteiger partial charge on any atom is -0.455 e. The molecule has 0 fully saturated rings. The third-order valence-corrected chi connectivity index (χ3v) is 16.1. The van der Waals surface area contributed by atoms with Gasteiger partial charge in [0.1, 0.15) is 11.2 Å². The van der Waals surface area contributed by atoms with Crippen molar-refractivity contribution in [3.05, 3.63) is 264 Å². The average Bonchev–Trinajstić information content (AvgIpc) is 4.11. The van der Waals surface area contributed by atoms with Gasteiger partial charge in [0.05, 0.1) is 16.5 Å². The van der Waals surface area contributed by atoms with Gasteiger partial charge < -0.3 is 14.2 Å². The van der Waals surface area contributed by atoms with E-state index in [9.17, 15) is 0 Å². The molecule has 11 aromatic carbocycles. The largest absolute Gasteiger partial charge is 0.455 e. The smallest absolute Gasteiger partial charge is 0.145 e. The molecule has 356 valence electrons. The van der Waals surface area contributed by atoms with Gasteiger partial charge in [-0.3, -0.25) is 0 Å². The molecule has 74 heavy (non-hydrogen) atoms. The number of hydrogen-bond acceptors (Lipinski definition) is 3. The maximum atomic E-state index is 7.40. The van der Waals surface area contributed by atoms with Crippen molar-refractivity contribution in [3.8, 4) is 22.3 Å². The van der Waals surface area contributed by atoms with Gasteiger partial charge in [0.25, 0.3) is 0 Å². The van der Waals surface area contributed by atoms with Crippen LogP contribution in [0.2, 0.25) is 0 Å².